The van der Waals surface area contributed by atoms with E-state index in [0.29, 0.717) is 23.5 Å². The van der Waals surface area contributed by atoms with Crippen molar-refractivity contribution in [2.75, 3.05) is 19.6 Å². The Hall–Kier alpha value is -3.32. The van der Waals surface area contributed by atoms with Crippen LogP contribution in [0.2, 0.25) is 0 Å². The van der Waals surface area contributed by atoms with Crippen molar-refractivity contribution in [1.82, 2.24) is 25.6 Å². The highest BCUT2D eigenvalue weighted by Crippen LogP contribution is 2.39. The third kappa shape index (κ3) is 3.11. The van der Waals surface area contributed by atoms with Crippen LogP contribution in [0.3, 0.4) is 0 Å². The minimum atomic E-state index is -0.0571. The molecule has 2 aliphatic heterocycles. The van der Waals surface area contributed by atoms with Gasteiger partial charge in [0.05, 0.1) is 17.0 Å². The lowest BCUT2D eigenvalue weighted by molar-refractivity contribution is 0.0913. The Labute approximate surface area is 174 Å². The highest BCUT2D eigenvalue weighted by Gasteiger charge is 2.42. The van der Waals surface area contributed by atoms with E-state index in [1.165, 1.54) is 0 Å². The quantitative estimate of drug-likeness (QED) is 0.586. The predicted molar refractivity (Wildman–Crippen MR) is 113 cm³/mol. The van der Waals surface area contributed by atoms with E-state index in [1.807, 2.05) is 24.3 Å². The first-order valence-corrected chi connectivity index (χ1v) is 10.2. The van der Waals surface area contributed by atoms with Crippen molar-refractivity contribution in [3.05, 3.63) is 59.4 Å². The highest BCUT2D eigenvalue weighted by molar-refractivity contribution is 5.98. The van der Waals surface area contributed by atoms with Crippen LogP contribution in [-0.2, 0) is 5.41 Å². The monoisotopic (exact) mass is 401 g/mol. The fourth-order valence-electron chi connectivity index (χ4n) is 4.48. The van der Waals surface area contributed by atoms with Crippen LogP contribution in [0.4, 0.5) is 0 Å². The fraction of sp³-hybridized carbons (Fsp3) is 0.304. The van der Waals surface area contributed by atoms with Gasteiger partial charge in [0.25, 0.3) is 5.91 Å². The third-order valence-corrected chi connectivity index (χ3v) is 6.20. The van der Waals surface area contributed by atoms with E-state index in [-0.39, 0.29) is 17.1 Å². The number of ketones is 1. The molecule has 1 amide bonds. The second kappa shape index (κ2) is 7.18. The van der Waals surface area contributed by atoms with E-state index in [4.69, 9.17) is 4.98 Å². The van der Waals surface area contributed by atoms with Crippen molar-refractivity contribution in [2.24, 2.45) is 0 Å². The number of rotatable bonds is 3. The summed E-state index contributed by atoms with van der Waals surface area (Å²) in [6.45, 7) is 4.08. The maximum atomic E-state index is 12.5. The van der Waals surface area contributed by atoms with Crippen molar-refractivity contribution >= 4 is 11.7 Å². The van der Waals surface area contributed by atoms with Gasteiger partial charge in [-0.05, 0) is 51.1 Å². The van der Waals surface area contributed by atoms with Crippen LogP contribution in [0.15, 0.2) is 42.6 Å². The zero-order chi connectivity index (χ0) is 20.7. The highest BCUT2D eigenvalue weighted by atomic mass is 16.1. The number of piperidine rings is 1. The molecule has 1 spiro atoms. The van der Waals surface area contributed by atoms with E-state index < -0.39 is 0 Å². The van der Waals surface area contributed by atoms with Crippen molar-refractivity contribution in [3.63, 3.8) is 0 Å². The number of nitrogens with zero attached hydrogens (tertiary/aromatic N) is 2. The number of amides is 1. The Bertz CT molecular complexity index is 1140. The van der Waals surface area contributed by atoms with Gasteiger partial charge >= 0.3 is 0 Å². The van der Waals surface area contributed by atoms with Crippen LogP contribution in [0.25, 0.3) is 22.8 Å². The van der Waals surface area contributed by atoms with E-state index in [9.17, 15) is 9.59 Å². The van der Waals surface area contributed by atoms with Crippen molar-refractivity contribution in [2.45, 2.75) is 25.2 Å². The summed E-state index contributed by atoms with van der Waals surface area (Å²) in [5.74, 6) is 0.507. The Morgan fingerprint density at radius 1 is 1.13 bits per heavy atom. The summed E-state index contributed by atoms with van der Waals surface area (Å²) in [6.07, 6.45) is 3.67. The molecule has 1 aromatic carbocycles. The standard InChI is InChI=1S/C23H23N5O2/c1-14(29)15-3-2-4-16(11-15)21-25-8-5-18(28-21)19-12-17-20(27-19)23(13-26-22(17)30)6-9-24-10-7-23/h2-5,8,11-12,24,27H,6-7,9-10,13H2,1H3,(H,26,30). The number of Topliss-reactive ketones (excluding diaryl/α,β-unsaturated/α-hetero) is 1. The Morgan fingerprint density at radius 3 is 2.77 bits per heavy atom. The molecule has 30 heavy (non-hydrogen) atoms. The molecule has 2 aromatic heterocycles. The Balaban J connectivity index is 1.55. The van der Waals surface area contributed by atoms with Crippen molar-refractivity contribution < 1.29 is 9.59 Å². The van der Waals surface area contributed by atoms with E-state index in [0.717, 1.165) is 48.6 Å². The average molecular weight is 401 g/mol. The molecule has 0 bridgehead atoms. The lowest BCUT2D eigenvalue weighted by atomic mass is 9.73. The van der Waals surface area contributed by atoms with Gasteiger partial charge in [0, 0.05) is 35.0 Å². The van der Waals surface area contributed by atoms with Gasteiger partial charge in [0.1, 0.15) is 0 Å². The molecule has 0 atom stereocenters. The molecule has 1 fully saturated rings. The number of hydrogen-bond acceptors (Lipinski definition) is 5. The minimum Gasteiger partial charge on any atom is -0.356 e. The van der Waals surface area contributed by atoms with Gasteiger partial charge in [-0.2, -0.15) is 0 Å². The first kappa shape index (κ1) is 18.7. The maximum Gasteiger partial charge on any atom is 0.253 e. The summed E-state index contributed by atoms with van der Waals surface area (Å²) in [4.78, 5) is 36.9. The number of H-pyrrole nitrogens is 1. The summed E-state index contributed by atoms with van der Waals surface area (Å²) < 4.78 is 0. The molecule has 7 heteroatoms. The molecule has 7 nitrogen and oxygen atoms in total. The smallest absolute Gasteiger partial charge is 0.253 e. The average Bonchev–Trinajstić information content (AvgIpc) is 3.25. The molecule has 152 valence electrons. The van der Waals surface area contributed by atoms with Crippen LogP contribution in [0.1, 0.15) is 46.2 Å². The predicted octanol–water partition coefficient (Wildman–Crippen LogP) is 2.71. The molecule has 0 aliphatic carbocycles. The van der Waals surface area contributed by atoms with Gasteiger partial charge in [-0.1, -0.05) is 18.2 Å². The fourth-order valence-corrected chi connectivity index (χ4v) is 4.48. The number of hydrogen-bond donors (Lipinski definition) is 3. The SMILES string of the molecule is CC(=O)c1cccc(-c2nccc(-c3cc4c([nH]3)C3(CCNCC3)CNC4=O)n2)c1. The summed E-state index contributed by atoms with van der Waals surface area (Å²) in [5, 5.41) is 6.47. The van der Waals surface area contributed by atoms with Gasteiger partial charge in [-0.25, -0.2) is 9.97 Å². The zero-order valence-electron chi connectivity index (χ0n) is 16.8. The molecule has 0 radical (unpaired) electrons. The van der Waals surface area contributed by atoms with Crippen LogP contribution >= 0.6 is 0 Å². The molecular weight excluding hydrogens is 378 g/mol. The Morgan fingerprint density at radius 2 is 1.97 bits per heavy atom. The van der Waals surface area contributed by atoms with E-state index in [1.54, 1.807) is 25.3 Å². The summed E-state index contributed by atoms with van der Waals surface area (Å²) >= 11 is 0. The second-order valence-corrected chi connectivity index (χ2v) is 8.09. The van der Waals surface area contributed by atoms with Gasteiger partial charge in [-0.3, -0.25) is 9.59 Å². The number of carbonyl (C=O) groups excluding carboxylic acids is 2. The van der Waals surface area contributed by atoms with Gasteiger partial charge < -0.3 is 15.6 Å². The number of carbonyl (C=O) groups is 2. The van der Waals surface area contributed by atoms with Gasteiger partial charge in [0.15, 0.2) is 11.6 Å². The number of aromatic amines is 1. The molecule has 0 saturated carbocycles. The largest absolute Gasteiger partial charge is 0.356 e. The number of nitrogens with one attached hydrogen (secondary N) is 3. The first-order chi connectivity index (χ1) is 14.6. The Kier molecular flexibility index (Phi) is 4.47. The molecule has 5 rings (SSSR count). The maximum absolute atomic E-state index is 12.5. The molecule has 0 unspecified atom stereocenters. The van der Waals surface area contributed by atoms with Crippen LogP contribution in [0, 0.1) is 0 Å². The van der Waals surface area contributed by atoms with Gasteiger partial charge in [-0.15, -0.1) is 0 Å². The third-order valence-electron chi connectivity index (χ3n) is 6.20. The number of aromatic nitrogens is 3. The molecule has 2 aliphatic rings. The van der Waals surface area contributed by atoms with Crippen LogP contribution in [0.5, 0.6) is 0 Å². The lowest BCUT2D eigenvalue weighted by Crippen LogP contribution is -2.51. The summed E-state index contributed by atoms with van der Waals surface area (Å²) in [5.41, 5.74) is 4.60. The molecule has 1 saturated heterocycles. The lowest BCUT2D eigenvalue weighted by Gasteiger charge is -2.40. The normalized spacial score (nSPS) is 17.4. The summed E-state index contributed by atoms with van der Waals surface area (Å²) in [7, 11) is 0. The van der Waals surface area contributed by atoms with Crippen LogP contribution < -0.4 is 10.6 Å². The van der Waals surface area contributed by atoms with E-state index >= 15 is 0 Å². The zero-order valence-corrected chi connectivity index (χ0v) is 16.8. The van der Waals surface area contributed by atoms with Crippen LogP contribution in [-0.4, -0.2) is 46.3 Å². The molecule has 3 N–H and O–H groups in total. The van der Waals surface area contributed by atoms with Crippen molar-refractivity contribution in [1.29, 1.82) is 0 Å². The van der Waals surface area contributed by atoms with Gasteiger partial charge in [0.2, 0.25) is 0 Å². The van der Waals surface area contributed by atoms with E-state index in [2.05, 4.69) is 20.6 Å². The molecule has 3 aromatic rings. The first-order valence-electron chi connectivity index (χ1n) is 10.2. The topological polar surface area (TPSA) is 99.8 Å². The number of fused-ring (bicyclic) bond motifs is 2. The van der Waals surface area contributed by atoms with Crippen molar-refractivity contribution in [3.8, 4) is 22.8 Å². The number of benzene rings is 1. The minimum absolute atomic E-state index is 0.00308. The molecule has 4 heterocycles. The molecular formula is C23H23N5O2. The second-order valence-electron chi connectivity index (χ2n) is 8.09. The summed E-state index contributed by atoms with van der Waals surface area (Å²) in [6, 6.07) is 11.0.